The van der Waals surface area contributed by atoms with E-state index >= 15 is 0 Å². The van der Waals surface area contributed by atoms with Gasteiger partial charge < -0.3 is 10.4 Å². The van der Waals surface area contributed by atoms with Crippen molar-refractivity contribution in [3.8, 4) is 0 Å². The van der Waals surface area contributed by atoms with Gasteiger partial charge in [0.1, 0.15) is 6.04 Å². The lowest BCUT2D eigenvalue weighted by Crippen LogP contribution is -2.49. The minimum absolute atomic E-state index is 0.232. The van der Waals surface area contributed by atoms with Crippen LogP contribution in [0.4, 0.5) is 0 Å². The van der Waals surface area contributed by atoms with Gasteiger partial charge in [-0.3, -0.25) is 4.79 Å². The second kappa shape index (κ2) is 7.33. The van der Waals surface area contributed by atoms with Gasteiger partial charge in [-0.1, -0.05) is 32.4 Å². The van der Waals surface area contributed by atoms with E-state index in [0.717, 1.165) is 9.21 Å². The Kier molecular flexibility index (Phi) is 6.36. The Hall–Kier alpha value is -0.720. The molecule has 20 heavy (non-hydrogen) atoms. The normalized spacial score (nSPS) is 13.0. The molecule has 0 fully saturated rings. The lowest BCUT2D eigenvalue weighted by Gasteiger charge is -2.27. The summed E-state index contributed by atoms with van der Waals surface area (Å²) in [6, 6.07) is 2.86. The third-order valence-electron chi connectivity index (χ3n) is 2.52. The van der Waals surface area contributed by atoms with Crippen LogP contribution in [-0.4, -0.2) is 28.8 Å². The minimum atomic E-state index is -1.01. The number of rotatable bonds is 6. The summed E-state index contributed by atoms with van der Waals surface area (Å²) in [5.41, 5.74) is -0.520. The van der Waals surface area contributed by atoms with Crippen molar-refractivity contribution in [1.29, 1.82) is 0 Å². The van der Waals surface area contributed by atoms with E-state index in [9.17, 15) is 9.59 Å². The van der Waals surface area contributed by atoms with Gasteiger partial charge in [0.2, 0.25) is 5.91 Å². The molecule has 0 saturated heterocycles. The largest absolute Gasteiger partial charge is 0.480 e. The predicted octanol–water partition coefficient (Wildman–Crippen LogP) is 3.25. The number of halogens is 1. The zero-order valence-corrected chi connectivity index (χ0v) is 14.0. The number of carbonyl (C=O) groups excluding carboxylic acids is 1. The molecule has 0 aliphatic heterocycles. The molecule has 0 saturated carbocycles. The second-order valence-electron chi connectivity index (χ2n) is 5.40. The molecular formula is C13H18ClNO3S2. The number of carboxylic acids is 1. The van der Waals surface area contributed by atoms with Crippen LogP contribution < -0.4 is 5.32 Å². The summed E-state index contributed by atoms with van der Waals surface area (Å²) in [5, 5.41) is 11.7. The molecule has 0 spiro atoms. The minimum Gasteiger partial charge on any atom is -0.480 e. The summed E-state index contributed by atoms with van der Waals surface area (Å²) in [7, 11) is 0. The summed E-state index contributed by atoms with van der Waals surface area (Å²) in [6.07, 6.45) is 0. The van der Waals surface area contributed by atoms with Crippen molar-refractivity contribution >= 4 is 46.6 Å². The van der Waals surface area contributed by atoms with Gasteiger partial charge in [0.25, 0.3) is 0 Å². The van der Waals surface area contributed by atoms with Crippen LogP contribution in [0.15, 0.2) is 12.1 Å². The first-order valence-corrected chi connectivity index (χ1v) is 8.39. The zero-order valence-electron chi connectivity index (χ0n) is 11.6. The fraction of sp³-hybridized carbons (Fsp3) is 0.538. The van der Waals surface area contributed by atoms with Crippen molar-refractivity contribution in [3.63, 3.8) is 0 Å². The molecule has 1 amide bonds. The summed E-state index contributed by atoms with van der Waals surface area (Å²) in [6.45, 7) is 5.35. The van der Waals surface area contributed by atoms with Crippen molar-refractivity contribution in [3.05, 3.63) is 21.3 Å². The molecule has 4 nitrogen and oxygen atoms in total. The molecule has 0 aliphatic rings. The average Bonchev–Trinajstić information content (AvgIpc) is 2.70. The molecule has 0 aliphatic carbocycles. The summed E-state index contributed by atoms with van der Waals surface area (Å²) < 4.78 is 0.726. The van der Waals surface area contributed by atoms with Gasteiger partial charge in [-0.15, -0.1) is 23.1 Å². The average molecular weight is 336 g/mol. The predicted molar refractivity (Wildman–Crippen MR) is 84.5 cm³/mol. The van der Waals surface area contributed by atoms with Gasteiger partial charge in [0.15, 0.2) is 0 Å². The number of hydrogen-bond acceptors (Lipinski definition) is 4. The van der Waals surface area contributed by atoms with E-state index in [1.807, 2.05) is 12.1 Å². The van der Waals surface area contributed by atoms with Crippen LogP contribution in [0.2, 0.25) is 4.34 Å². The van der Waals surface area contributed by atoms with Crippen molar-refractivity contribution in [1.82, 2.24) is 5.32 Å². The summed E-state index contributed by atoms with van der Waals surface area (Å²) in [4.78, 5) is 24.0. The number of thiophene rings is 1. The van der Waals surface area contributed by atoms with E-state index in [-0.39, 0.29) is 11.7 Å². The first-order valence-electron chi connectivity index (χ1n) is 6.04. The first kappa shape index (κ1) is 17.3. The Morgan fingerprint density at radius 3 is 2.55 bits per heavy atom. The number of aliphatic carboxylic acids is 1. The molecule has 1 atom stereocenters. The molecule has 1 aromatic rings. The molecule has 0 bridgehead atoms. The maximum absolute atomic E-state index is 11.8. The fourth-order valence-electron chi connectivity index (χ4n) is 1.52. The molecule has 1 rings (SSSR count). The van der Waals surface area contributed by atoms with E-state index < -0.39 is 17.4 Å². The highest BCUT2D eigenvalue weighted by Gasteiger charge is 2.32. The number of carboxylic acid groups (broad SMARTS) is 1. The molecule has 2 N–H and O–H groups in total. The van der Waals surface area contributed by atoms with Crippen molar-refractivity contribution in [2.75, 3.05) is 5.75 Å². The highest BCUT2D eigenvalue weighted by Crippen LogP contribution is 2.25. The molecule has 0 unspecified atom stereocenters. The lowest BCUT2D eigenvalue weighted by molar-refractivity contribution is -0.144. The molecular weight excluding hydrogens is 318 g/mol. The highest BCUT2D eigenvalue weighted by molar-refractivity contribution is 7.99. The topological polar surface area (TPSA) is 66.4 Å². The van der Waals surface area contributed by atoms with E-state index in [1.165, 1.54) is 23.1 Å². The van der Waals surface area contributed by atoms with Crippen molar-refractivity contribution < 1.29 is 14.7 Å². The van der Waals surface area contributed by atoms with E-state index in [2.05, 4.69) is 5.32 Å². The van der Waals surface area contributed by atoms with Gasteiger partial charge in [0.05, 0.1) is 10.1 Å². The second-order valence-corrected chi connectivity index (χ2v) is 8.19. The monoisotopic (exact) mass is 335 g/mol. The van der Waals surface area contributed by atoms with Crippen LogP contribution in [0.5, 0.6) is 0 Å². The molecule has 7 heteroatoms. The molecule has 112 valence electrons. The quantitative estimate of drug-likeness (QED) is 0.837. The number of nitrogens with one attached hydrogen (secondary N) is 1. The maximum atomic E-state index is 11.8. The number of carbonyl (C=O) groups is 2. The number of amides is 1. The molecule has 1 heterocycles. The number of hydrogen-bond donors (Lipinski definition) is 2. The Bertz CT molecular complexity index is 482. The van der Waals surface area contributed by atoms with Crippen LogP contribution in [-0.2, 0) is 15.3 Å². The molecule has 0 radical (unpaired) electrons. The van der Waals surface area contributed by atoms with Crippen LogP contribution in [0.3, 0.4) is 0 Å². The zero-order chi connectivity index (χ0) is 15.3. The summed E-state index contributed by atoms with van der Waals surface area (Å²) in [5.74, 6) is -0.353. The van der Waals surface area contributed by atoms with E-state index in [0.29, 0.717) is 5.75 Å². The van der Waals surface area contributed by atoms with E-state index in [1.54, 1.807) is 20.8 Å². The first-order chi connectivity index (χ1) is 9.20. The molecule has 0 aromatic carbocycles. The summed E-state index contributed by atoms with van der Waals surface area (Å²) >= 11 is 8.74. The Morgan fingerprint density at radius 2 is 2.10 bits per heavy atom. The van der Waals surface area contributed by atoms with Gasteiger partial charge in [0, 0.05) is 10.6 Å². The third-order valence-corrected chi connectivity index (χ3v) is 4.92. The smallest absolute Gasteiger partial charge is 0.326 e. The lowest BCUT2D eigenvalue weighted by atomic mass is 9.87. The maximum Gasteiger partial charge on any atom is 0.326 e. The van der Waals surface area contributed by atoms with Crippen molar-refractivity contribution in [2.24, 2.45) is 5.41 Å². The standard InChI is InChI=1S/C13H18ClNO3S2/c1-13(2,3)11(12(17)18)15-10(16)7-19-6-8-4-5-9(14)20-8/h4-5,11H,6-7H2,1-3H3,(H,15,16)(H,17,18)/t11-/m1/s1. The SMILES string of the molecule is CC(C)(C)[C@H](NC(=O)CSCc1ccc(Cl)s1)C(=O)O. The van der Waals surface area contributed by atoms with Crippen LogP contribution in [0, 0.1) is 5.41 Å². The van der Waals surface area contributed by atoms with Gasteiger partial charge >= 0.3 is 5.97 Å². The highest BCUT2D eigenvalue weighted by atomic mass is 35.5. The Labute approximate surface area is 131 Å². The van der Waals surface area contributed by atoms with Crippen LogP contribution in [0.1, 0.15) is 25.6 Å². The fourth-order valence-corrected chi connectivity index (χ4v) is 3.56. The van der Waals surface area contributed by atoms with Crippen molar-refractivity contribution in [2.45, 2.75) is 32.6 Å². The van der Waals surface area contributed by atoms with Crippen LogP contribution >= 0.6 is 34.7 Å². The molecule has 1 aromatic heterocycles. The Balaban J connectivity index is 2.41. The van der Waals surface area contributed by atoms with Gasteiger partial charge in [-0.05, 0) is 17.5 Å². The van der Waals surface area contributed by atoms with Gasteiger partial charge in [-0.25, -0.2) is 4.79 Å². The number of thioether (sulfide) groups is 1. The van der Waals surface area contributed by atoms with Gasteiger partial charge in [-0.2, -0.15) is 0 Å². The third kappa shape index (κ3) is 5.73. The van der Waals surface area contributed by atoms with E-state index in [4.69, 9.17) is 16.7 Å². The van der Waals surface area contributed by atoms with Crippen LogP contribution in [0.25, 0.3) is 0 Å². The Morgan fingerprint density at radius 1 is 1.45 bits per heavy atom.